The smallest absolute Gasteiger partial charge is 0.253 e. The molecule has 1 heterocycles. The Kier molecular flexibility index (Phi) is 4.98. The number of carbonyl (C=O) groups excluding carboxylic acids is 1. The van der Waals surface area contributed by atoms with Gasteiger partial charge in [0.2, 0.25) is 0 Å². The Hall–Kier alpha value is -2.30. The summed E-state index contributed by atoms with van der Waals surface area (Å²) in [5.74, 6) is 0.766. The van der Waals surface area contributed by atoms with E-state index in [1.54, 1.807) is 30.3 Å². The number of rotatable bonds is 6. The fraction of sp³-hybridized carbons (Fsp3) is 0.375. The summed E-state index contributed by atoms with van der Waals surface area (Å²) in [5.41, 5.74) is 1.68. The molecule has 0 aliphatic heterocycles. The van der Waals surface area contributed by atoms with Gasteiger partial charge >= 0.3 is 0 Å². The van der Waals surface area contributed by atoms with Crippen molar-refractivity contribution in [3.63, 3.8) is 0 Å². The molecule has 5 heteroatoms. The normalized spacial score (nSPS) is 10.4. The molecule has 0 aliphatic rings. The summed E-state index contributed by atoms with van der Waals surface area (Å²) >= 11 is 0. The lowest BCUT2D eigenvalue weighted by molar-refractivity contribution is 0.0781. The molecule has 112 valence electrons. The Bertz CT molecular complexity index is 590. The molecule has 0 N–H and O–H groups in total. The van der Waals surface area contributed by atoms with Gasteiger partial charge in [-0.25, -0.2) is 0 Å². The van der Waals surface area contributed by atoms with E-state index < -0.39 is 0 Å². The summed E-state index contributed by atoms with van der Waals surface area (Å²) in [6.45, 7) is 5.93. The summed E-state index contributed by atoms with van der Waals surface area (Å²) in [4.78, 5) is 14.1. The van der Waals surface area contributed by atoms with Crippen molar-refractivity contribution < 1.29 is 9.53 Å². The van der Waals surface area contributed by atoms with Gasteiger partial charge in [-0.3, -0.25) is 9.48 Å². The molecule has 0 radical (unpaired) electrons. The van der Waals surface area contributed by atoms with Gasteiger partial charge in [0.1, 0.15) is 5.75 Å². The highest BCUT2D eigenvalue weighted by molar-refractivity contribution is 5.94. The average molecular weight is 287 g/mol. The van der Waals surface area contributed by atoms with Crippen LogP contribution < -0.4 is 4.74 Å². The molecule has 0 saturated heterocycles. The molecule has 0 saturated carbocycles. The zero-order valence-electron chi connectivity index (χ0n) is 12.7. The van der Waals surface area contributed by atoms with Crippen LogP contribution in [0.5, 0.6) is 5.75 Å². The van der Waals surface area contributed by atoms with Crippen molar-refractivity contribution in [3.8, 4) is 5.75 Å². The van der Waals surface area contributed by atoms with Crippen LogP contribution in [0.3, 0.4) is 0 Å². The maximum Gasteiger partial charge on any atom is 0.253 e. The first-order valence-electron chi connectivity index (χ1n) is 7.14. The van der Waals surface area contributed by atoms with E-state index in [0.29, 0.717) is 18.7 Å². The minimum atomic E-state index is -0.0121. The number of ether oxygens (including phenoxy) is 1. The van der Waals surface area contributed by atoms with Crippen molar-refractivity contribution in [2.45, 2.75) is 26.9 Å². The van der Waals surface area contributed by atoms with Crippen LogP contribution in [-0.2, 0) is 13.1 Å². The topological polar surface area (TPSA) is 47.4 Å². The second-order valence-electron chi connectivity index (χ2n) is 4.76. The number of carbonyl (C=O) groups is 1. The van der Waals surface area contributed by atoms with E-state index in [2.05, 4.69) is 5.10 Å². The van der Waals surface area contributed by atoms with Crippen LogP contribution in [0.2, 0.25) is 0 Å². The maximum absolute atomic E-state index is 12.4. The molecule has 2 rings (SSSR count). The van der Waals surface area contributed by atoms with Crippen LogP contribution in [0.1, 0.15) is 29.9 Å². The van der Waals surface area contributed by atoms with Crippen LogP contribution in [0, 0.1) is 0 Å². The number of nitrogens with zero attached hydrogens (tertiary/aromatic N) is 3. The fourth-order valence-corrected chi connectivity index (χ4v) is 2.17. The van der Waals surface area contributed by atoms with E-state index in [9.17, 15) is 4.79 Å². The van der Waals surface area contributed by atoms with Gasteiger partial charge in [-0.05, 0) is 44.2 Å². The number of aryl methyl sites for hydroxylation is 1. The van der Waals surface area contributed by atoms with E-state index in [1.807, 2.05) is 36.7 Å². The third-order valence-corrected chi connectivity index (χ3v) is 3.26. The Balaban J connectivity index is 2.05. The largest absolute Gasteiger partial charge is 0.494 e. The zero-order chi connectivity index (χ0) is 15.2. The van der Waals surface area contributed by atoms with Crippen molar-refractivity contribution >= 4 is 5.91 Å². The van der Waals surface area contributed by atoms with E-state index in [4.69, 9.17) is 4.74 Å². The first-order chi connectivity index (χ1) is 10.2. The second kappa shape index (κ2) is 6.92. The molecule has 0 aliphatic carbocycles. The van der Waals surface area contributed by atoms with Crippen molar-refractivity contribution in [1.82, 2.24) is 14.7 Å². The molecule has 21 heavy (non-hydrogen) atoms. The summed E-state index contributed by atoms with van der Waals surface area (Å²) in [5, 5.41) is 4.21. The first kappa shape index (κ1) is 15.1. The predicted molar refractivity (Wildman–Crippen MR) is 81.3 cm³/mol. The van der Waals surface area contributed by atoms with Crippen LogP contribution in [0.4, 0.5) is 0 Å². The number of hydrogen-bond acceptors (Lipinski definition) is 3. The quantitative estimate of drug-likeness (QED) is 0.820. The lowest BCUT2D eigenvalue weighted by atomic mass is 10.2. The Morgan fingerprint density at radius 3 is 2.57 bits per heavy atom. The average Bonchev–Trinajstić information content (AvgIpc) is 2.94. The molecule has 5 nitrogen and oxygen atoms in total. The Morgan fingerprint density at radius 1 is 1.24 bits per heavy atom. The SMILES string of the molecule is CCOc1ccc(C(=O)N(C)Cc2ccnn2CC)cc1. The third-order valence-electron chi connectivity index (χ3n) is 3.26. The van der Waals surface area contributed by atoms with Crippen LogP contribution in [-0.4, -0.2) is 34.2 Å². The van der Waals surface area contributed by atoms with Crippen molar-refractivity contribution in [1.29, 1.82) is 0 Å². The van der Waals surface area contributed by atoms with E-state index in [1.165, 1.54) is 0 Å². The monoisotopic (exact) mass is 287 g/mol. The summed E-state index contributed by atoms with van der Waals surface area (Å²) in [6, 6.07) is 9.16. The molecule has 1 aromatic heterocycles. The van der Waals surface area contributed by atoms with Crippen molar-refractivity contribution in [3.05, 3.63) is 47.8 Å². The number of amides is 1. The lowest BCUT2D eigenvalue weighted by Crippen LogP contribution is -2.27. The molecular formula is C16H21N3O2. The van der Waals surface area contributed by atoms with Crippen molar-refractivity contribution in [2.24, 2.45) is 0 Å². The molecule has 0 unspecified atom stereocenters. The molecular weight excluding hydrogens is 266 g/mol. The van der Waals surface area contributed by atoms with Gasteiger partial charge in [-0.15, -0.1) is 0 Å². The molecule has 1 aromatic carbocycles. The summed E-state index contributed by atoms with van der Waals surface area (Å²) in [7, 11) is 1.80. The lowest BCUT2D eigenvalue weighted by Gasteiger charge is -2.18. The van der Waals surface area contributed by atoms with Gasteiger partial charge in [-0.1, -0.05) is 0 Å². The predicted octanol–water partition coefficient (Wildman–Crippen LogP) is 2.57. The van der Waals surface area contributed by atoms with Crippen LogP contribution >= 0.6 is 0 Å². The highest BCUT2D eigenvalue weighted by Gasteiger charge is 2.13. The Morgan fingerprint density at radius 2 is 1.95 bits per heavy atom. The van der Waals surface area contributed by atoms with Crippen molar-refractivity contribution in [2.75, 3.05) is 13.7 Å². The highest BCUT2D eigenvalue weighted by atomic mass is 16.5. The highest BCUT2D eigenvalue weighted by Crippen LogP contribution is 2.14. The number of hydrogen-bond donors (Lipinski definition) is 0. The van der Waals surface area contributed by atoms with Crippen LogP contribution in [0.15, 0.2) is 36.5 Å². The Labute approximate surface area is 125 Å². The molecule has 1 amide bonds. The van der Waals surface area contributed by atoms with Gasteiger partial charge in [-0.2, -0.15) is 5.10 Å². The molecule has 0 bridgehead atoms. The standard InChI is InChI=1S/C16H21N3O2/c1-4-19-14(10-11-17-19)12-18(3)16(20)13-6-8-15(9-7-13)21-5-2/h6-11H,4-5,12H2,1-3H3. The second-order valence-corrected chi connectivity index (χ2v) is 4.76. The van der Waals surface area contributed by atoms with E-state index in [-0.39, 0.29) is 5.91 Å². The van der Waals surface area contributed by atoms with Gasteiger partial charge < -0.3 is 9.64 Å². The zero-order valence-corrected chi connectivity index (χ0v) is 12.7. The number of benzene rings is 1. The maximum atomic E-state index is 12.4. The van der Waals surface area contributed by atoms with E-state index in [0.717, 1.165) is 18.0 Å². The summed E-state index contributed by atoms with van der Waals surface area (Å²) in [6.07, 6.45) is 1.76. The van der Waals surface area contributed by atoms with Crippen LogP contribution in [0.25, 0.3) is 0 Å². The number of aromatic nitrogens is 2. The third kappa shape index (κ3) is 3.62. The van der Waals surface area contributed by atoms with Gasteiger partial charge in [0.05, 0.1) is 18.8 Å². The summed E-state index contributed by atoms with van der Waals surface area (Å²) < 4.78 is 7.27. The minimum Gasteiger partial charge on any atom is -0.494 e. The first-order valence-corrected chi connectivity index (χ1v) is 7.14. The minimum absolute atomic E-state index is 0.0121. The van der Waals surface area contributed by atoms with Gasteiger partial charge in [0, 0.05) is 25.4 Å². The molecule has 0 spiro atoms. The van der Waals surface area contributed by atoms with Gasteiger partial charge in [0.15, 0.2) is 0 Å². The van der Waals surface area contributed by atoms with E-state index >= 15 is 0 Å². The van der Waals surface area contributed by atoms with Gasteiger partial charge in [0.25, 0.3) is 5.91 Å². The fourth-order valence-electron chi connectivity index (χ4n) is 2.17. The molecule has 0 fully saturated rings. The molecule has 2 aromatic rings. The molecule has 0 atom stereocenters.